The summed E-state index contributed by atoms with van der Waals surface area (Å²) < 4.78 is 12.9. The Labute approximate surface area is 141 Å². The van der Waals surface area contributed by atoms with Crippen LogP contribution < -0.4 is 9.47 Å². The van der Waals surface area contributed by atoms with Gasteiger partial charge in [-0.05, 0) is 43.3 Å². The molecule has 0 spiro atoms. The van der Waals surface area contributed by atoms with Crippen LogP contribution in [-0.4, -0.2) is 12.2 Å². The van der Waals surface area contributed by atoms with Gasteiger partial charge in [-0.25, -0.2) is 0 Å². The number of halogens is 2. The number of hydrogen-bond acceptors (Lipinski definition) is 3. The number of hydrogen-bond donors (Lipinski definition) is 1. The summed E-state index contributed by atoms with van der Waals surface area (Å²) in [6.07, 6.45) is -0.591. The normalized spacial score (nSPS) is 12.0. The SMILES string of the molecule is COc1ccc(Br)c(COc2ccc(Br)cc2[C@@H](C)O)c1. The van der Waals surface area contributed by atoms with Crippen molar-refractivity contribution >= 4 is 31.9 Å². The van der Waals surface area contributed by atoms with Crippen LogP contribution in [0, 0.1) is 0 Å². The van der Waals surface area contributed by atoms with Gasteiger partial charge in [0.05, 0.1) is 13.2 Å². The van der Waals surface area contributed by atoms with E-state index in [2.05, 4.69) is 31.9 Å². The van der Waals surface area contributed by atoms with Crippen LogP contribution in [0.4, 0.5) is 0 Å². The van der Waals surface area contributed by atoms with E-state index in [0.29, 0.717) is 12.4 Å². The Hall–Kier alpha value is -1.04. The summed E-state index contributed by atoms with van der Waals surface area (Å²) in [5.41, 5.74) is 1.73. The van der Waals surface area contributed by atoms with Crippen molar-refractivity contribution in [3.63, 3.8) is 0 Å². The number of ether oxygens (including phenoxy) is 2. The lowest BCUT2D eigenvalue weighted by Crippen LogP contribution is -2.02. The van der Waals surface area contributed by atoms with Crippen LogP contribution in [0.1, 0.15) is 24.2 Å². The Morgan fingerprint density at radius 3 is 2.57 bits per heavy atom. The second-order valence-electron chi connectivity index (χ2n) is 4.60. The molecular weight excluding hydrogens is 400 g/mol. The molecule has 0 heterocycles. The highest BCUT2D eigenvalue weighted by Gasteiger charge is 2.11. The first kappa shape index (κ1) is 16.3. The van der Waals surface area contributed by atoms with E-state index in [1.165, 1.54) is 0 Å². The minimum Gasteiger partial charge on any atom is -0.497 e. The van der Waals surface area contributed by atoms with Gasteiger partial charge >= 0.3 is 0 Å². The van der Waals surface area contributed by atoms with E-state index in [1.807, 2.05) is 36.4 Å². The molecule has 0 saturated carbocycles. The highest BCUT2D eigenvalue weighted by Crippen LogP contribution is 2.30. The van der Waals surface area contributed by atoms with Gasteiger partial charge in [0.1, 0.15) is 18.1 Å². The zero-order valence-electron chi connectivity index (χ0n) is 11.8. The molecule has 2 aromatic carbocycles. The molecule has 0 aliphatic rings. The second-order valence-corrected chi connectivity index (χ2v) is 6.37. The lowest BCUT2D eigenvalue weighted by atomic mass is 10.1. The number of methoxy groups -OCH3 is 1. The van der Waals surface area contributed by atoms with Crippen LogP contribution in [-0.2, 0) is 6.61 Å². The second kappa shape index (κ2) is 7.29. The maximum Gasteiger partial charge on any atom is 0.125 e. The molecule has 112 valence electrons. The summed E-state index contributed by atoms with van der Waals surface area (Å²) in [6, 6.07) is 11.3. The predicted octanol–water partition coefficient (Wildman–Crippen LogP) is 4.85. The molecule has 0 bridgehead atoms. The van der Waals surface area contributed by atoms with E-state index >= 15 is 0 Å². The summed E-state index contributed by atoms with van der Waals surface area (Å²) in [4.78, 5) is 0. The first-order valence-electron chi connectivity index (χ1n) is 6.44. The maximum absolute atomic E-state index is 9.83. The topological polar surface area (TPSA) is 38.7 Å². The number of aliphatic hydroxyl groups excluding tert-OH is 1. The Kier molecular flexibility index (Phi) is 5.67. The van der Waals surface area contributed by atoms with Gasteiger partial charge in [0.15, 0.2) is 0 Å². The Bertz CT molecular complexity index is 627. The van der Waals surface area contributed by atoms with Crippen LogP contribution >= 0.6 is 31.9 Å². The van der Waals surface area contributed by atoms with Crippen molar-refractivity contribution in [1.29, 1.82) is 0 Å². The predicted molar refractivity (Wildman–Crippen MR) is 89.8 cm³/mol. The lowest BCUT2D eigenvalue weighted by molar-refractivity contribution is 0.190. The number of rotatable bonds is 5. The van der Waals surface area contributed by atoms with E-state index < -0.39 is 6.10 Å². The molecule has 0 aliphatic carbocycles. The van der Waals surface area contributed by atoms with E-state index in [1.54, 1.807) is 14.0 Å². The van der Waals surface area contributed by atoms with Crippen LogP contribution in [0.3, 0.4) is 0 Å². The van der Waals surface area contributed by atoms with Crippen molar-refractivity contribution in [2.75, 3.05) is 7.11 Å². The molecular formula is C16H16Br2O3. The van der Waals surface area contributed by atoms with Crippen molar-refractivity contribution < 1.29 is 14.6 Å². The Morgan fingerprint density at radius 1 is 1.14 bits per heavy atom. The largest absolute Gasteiger partial charge is 0.497 e. The highest BCUT2D eigenvalue weighted by molar-refractivity contribution is 9.10. The van der Waals surface area contributed by atoms with E-state index in [4.69, 9.17) is 9.47 Å². The van der Waals surface area contributed by atoms with Gasteiger partial charge in [-0.15, -0.1) is 0 Å². The van der Waals surface area contributed by atoms with E-state index in [-0.39, 0.29) is 0 Å². The summed E-state index contributed by atoms with van der Waals surface area (Å²) in [5.74, 6) is 1.45. The molecule has 3 nitrogen and oxygen atoms in total. The number of benzene rings is 2. The van der Waals surface area contributed by atoms with Gasteiger partial charge in [0, 0.05) is 20.1 Å². The van der Waals surface area contributed by atoms with Crippen LogP contribution in [0.25, 0.3) is 0 Å². The van der Waals surface area contributed by atoms with Crippen molar-refractivity contribution in [1.82, 2.24) is 0 Å². The highest BCUT2D eigenvalue weighted by atomic mass is 79.9. The summed E-state index contributed by atoms with van der Waals surface area (Å²) in [5, 5.41) is 9.83. The van der Waals surface area contributed by atoms with Crippen LogP contribution in [0.2, 0.25) is 0 Å². The molecule has 0 radical (unpaired) electrons. The third-order valence-corrected chi connectivity index (χ3v) is 4.32. The van der Waals surface area contributed by atoms with Crippen molar-refractivity contribution in [2.45, 2.75) is 19.6 Å². The molecule has 0 saturated heterocycles. The third kappa shape index (κ3) is 4.22. The smallest absolute Gasteiger partial charge is 0.125 e. The standard InChI is InChI=1S/C16H16Br2O3/c1-10(19)14-8-12(17)3-6-16(14)21-9-11-7-13(20-2)4-5-15(11)18/h3-8,10,19H,9H2,1-2H3/t10-/m1/s1. The molecule has 1 N–H and O–H groups in total. The maximum atomic E-state index is 9.83. The zero-order chi connectivity index (χ0) is 15.4. The fourth-order valence-corrected chi connectivity index (χ4v) is 2.66. The molecule has 0 fully saturated rings. The molecule has 0 aromatic heterocycles. The monoisotopic (exact) mass is 414 g/mol. The quantitative estimate of drug-likeness (QED) is 0.758. The van der Waals surface area contributed by atoms with Gasteiger partial charge in [0.2, 0.25) is 0 Å². The van der Waals surface area contributed by atoms with Crippen molar-refractivity contribution in [3.05, 3.63) is 56.5 Å². The van der Waals surface area contributed by atoms with Crippen molar-refractivity contribution in [2.24, 2.45) is 0 Å². The average molecular weight is 416 g/mol. The molecule has 0 unspecified atom stereocenters. The van der Waals surface area contributed by atoms with Gasteiger partial charge in [0.25, 0.3) is 0 Å². The van der Waals surface area contributed by atoms with E-state index in [9.17, 15) is 5.11 Å². The summed E-state index contributed by atoms with van der Waals surface area (Å²) >= 11 is 6.90. The Morgan fingerprint density at radius 2 is 1.90 bits per heavy atom. The molecule has 2 rings (SSSR count). The minimum absolute atomic E-state index is 0.388. The van der Waals surface area contributed by atoms with Gasteiger partial charge < -0.3 is 14.6 Å². The average Bonchev–Trinajstić information content (AvgIpc) is 2.47. The van der Waals surface area contributed by atoms with E-state index in [0.717, 1.165) is 25.8 Å². The first-order valence-corrected chi connectivity index (χ1v) is 8.02. The summed E-state index contributed by atoms with van der Waals surface area (Å²) in [6.45, 7) is 2.11. The Balaban J connectivity index is 2.20. The zero-order valence-corrected chi connectivity index (χ0v) is 14.9. The molecule has 2 aromatic rings. The van der Waals surface area contributed by atoms with Crippen LogP contribution in [0.5, 0.6) is 11.5 Å². The van der Waals surface area contributed by atoms with Gasteiger partial charge in [-0.1, -0.05) is 31.9 Å². The van der Waals surface area contributed by atoms with Gasteiger partial charge in [-0.3, -0.25) is 0 Å². The fraction of sp³-hybridized carbons (Fsp3) is 0.250. The molecule has 5 heteroatoms. The summed E-state index contributed by atoms with van der Waals surface area (Å²) in [7, 11) is 1.63. The number of aliphatic hydroxyl groups is 1. The van der Waals surface area contributed by atoms with Crippen molar-refractivity contribution in [3.8, 4) is 11.5 Å². The first-order chi connectivity index (χ1) is 10.0. The van der Waals surface area contributed by atoms with Crippen LogP contribution in [0.15, 0.2) is 45.3 Å². The molecule has 0 amide bonds. The molecule has 0 aliphatic heterocycles. The molecule has 1 atom stereocenters. The minimum atomic E-state index is -0.591. The fourth-order valence-electron chi connectivity index (χ4n) is 1.92. The van der Waals surface area contributed by atoms with Gasteiger partial charge in [-0.2, -0.15) is 0 Å². The third-order valence-electron chi connectivity index (χ3n) is 3.06. The molecule has 21 heavy (non-hydrogen) atoms. The lowest BCUT2D eigenvalue weighted by Gasteiger charge is -2.15.